The van der Waals surface area contributed by atoms with Crippen LogP contribution in [0.15, 0.2) is 36.5 Å². The first kappa shape index (κ1) is 14.6. The third-order valence-corrected chi connectivity index (χ3v) is 2.85. The van der Waals surface area contributed by atoms with E-state index in [-0.39, 0.29) is 0 Å². The summed E-state index contributed by atoms with van der Waals surface area (Å²) in [6.07, 6.45) is 1.45. The van der Waals surface area contributed by atoms with Gasteiger partial charge in [-0.2, -0.15) is 0 Å². The van der Waals surface area contributed by atoms with Crippen molar-refractivity contribution in [3.63, 3.8) is 0 Å². The van der Waals surface area contributed by atoms with Gasteiger partial charge in [-0.1, -0.05) is 23.2 Å². The minimum atomic E-state index is -0.391. The van der Waals surface area contributed by atoms with Gasteiger partial charge in [0.15, 0.2) is 0 Å². The van der Waals surface area contributed by atoms with E-state index in [4.69, 9.17) is 27.9 Å². The number of carbonyl (C=O) groups excluding carboxylic acids is 1. The monoisotopic (exact) mass is 310 g/mol. The van der Waals surface area contributed by atoms with Crippen molar-refractivity contribution in [2.75, 3.05) is 11.9 Å². The van der Waals surface area contributed by atoms with Crippen LogP contribution in [0.1, 0.15) is 17.3 Å². The molecule has 0 saturated carbocycles. The molecule has 1 heterocycles. The Morgan fingerprint density at radius 2 is 1.95 bits per heavy atom. The molecule has 2 aromatic rings. The lowest BCUT2D eigenvalue weighted by Gasteiger charge is -2.07. The van der Waals surface area contributed by atoms with E-state index in [1.165, 1.54) is 6.20 Å². The molecule has 0 atom stereocenters. The summed E-state index contributed by atoms with van der Waals surface area (Å²) in [6.45, 7) is 2.09. The molecule has 0 saturated heterocycles. The molecule has 0 fully saturated rings. The van der Waals surface area contributed by atoms with Crippen molar-refractivity contribution in [1.29, 1.82) is 0 Å². The smallest absolute Gasteiger partial charge is 0.339 e. The van der Waals surface area contributed by atoms with Gasteiger partial charge in [0.25, 0.3) is 0 Å². The molecule has 0 bridgehead atoms. The molecule has 0 aliphatic carbocycles. The van der Waals surface area contributed by atoms with Crippen molar-refractivity contribution in [3.05, 3.63) is 52.1 Å². The molecule has 0 spiro atoms. The highest BCUT2D eigenvalue weighted by Gasteiger charge is 2.07. The summed E-state index contributed by atoms with van der Waals surface area (Å²) in [7, 11) is 0. The number of anilines is 2. The van der Waals surface area contributed by atoms with Crippen molar-refractivity contribution < 1.29 is 9.53 Å². The molecule has 0 unspecified atom stereocenters. The predicted octanol–water partition coefficient (Wildman–Crippen LogP) is 4.31. The number of ether oxygens (including phenoxy) is 1. The first-order valence-corrected chi connectivity index (χ1v) is 6.70. The average molecular weight is 311 g/mol. The number of benzene rings is 1. The number of nitrogens with zero attached hydrogens (tertiary/aromatic N) is 1. The molecular formula is C14H12Cl2N2O2. The first-order chi connectivity index (χ1) is 9.58. The Hall–Kier alpha value is -1.78. The Morgan fingerprint density at radius 3 is 2.50 bits per heavy atom. The van der Waals surface area contributed by atoms with Crippen LogP contribution in [0.4, 0.5) is 11.5 Å². The van der Waals surface area contributed by atoms with Gasteiger partial charge in [-0.05, 0) is 37.3 Å². The van der Waals surface area contributed by atoms with Gasteiger partial charge < -0.3 is 10.1 Å². The lowest BCUT2D eigenvalue weighted by Crippen LogP contribution is -2.05. The van der Waals surface area contributed by atoms with E-state index >= 15 is 0 Å². The van der Waals surface area contributed by atoms with Gasteiger partial charge >= 0.3 is 5.97 Å². The Kier molecular flexibility index (Phi) is 4.82. The number of aromatic nitrogens is 1. The Morgan fingerprint density at radius 1 is 1.25 bits per heavy atom. The van der Waals surface area contributed by atoms with Crippen molar-refractivity contribution in [2.24, 2.45) is 0 Å². The van der Waals surface area contributed by atoms with E-state index in [2.05, 4.69) is 10.3 Å². The van der Waals surface area contributed by atoms with Crippen LogP contribution in [0.25, 0.3) is 0 Å². The van der Waals surface area contributed by atoms with Gasteiger partial charge in [0, 0.05) is 21.9 Å². The van der Waals surface area contributed by atoms with Crippen molar-refractivity contribution in [1.82, 2.24) is 4.98 Å². The van der Waals surface area contributed by atoms with Crippen LogP contribution in [0.2, 0.25) is 10.0 Å². The lowest BCUT2D eigenvalue weighted by atomic mass is 10.2. The van der Waals surface area contributed by atoms with Crippen LogP contribution in [0, 0.1) is 0 Å². The van der Waals surface area contributed by atoms with Gasteiger partial charge in [-0.25, -0.2) is 9.78 Å². The molecule has 1 N–H and O–H groups in total. The number of halogens is 2. The second-order valence-corrected chi connectivity index (χ2v) is 4.81. The summed E-state index contributed by atoms with van der Waals surface area (Å²) in [4.78, 5) is 15.6. The van der Waals surface area contributed by atoms with Crippen LogP contribution < -0.4 is 5.32 Å². The molecule has 104 valence electrons. The second kappa shape index (κ2) is 6.59. The normalized spacial score (nSPS) is 10.2. The Labute approximate surface area is 126 Å². The fourth-order valence-corrected chi connectivity index (χ4v) is 2.10. The van der Waals surface area contributed by atoms with Gasteiger partial charge in [-0.15, -0.1) is 0 Å². The zero-order valence-corrected chi connectivity index (χ0v) is 12.2. The van der Waals surface area contributed by atoms with Gasteiger partial charge in [-0.3, -0.25) is 0 Å². The number of rotatable bonds is 4. The fraction of sp³-hybridized carbons (Fsp3) is 0.143. The molecule has 2 rings (SSSR count). The topological polar surface area (TPSA) is 51.2 Å². The minimum absolute atomic E-state index is 0.333. The van der Waals surface area contributed by atoms with Crippen LogP contribution in [-0.2, 0) is 4.74 Å². The van der Waals surface area contributed by atoms with E-state index < -0.39 is 5.97 Å². The largest absolute Gasteiger partial charge is 0.462 e. The number of esters is 1. The SMILES string of the molecule is CCOC(=O)c1ccc(Nc2cc(Cl)cc(Cl)c2)nc1. The molecule has 0 amide bonds. The van der Waals surface area contributed by atoms with Gasteiger partial charge in [0.2, 0.25) is 0 Å². The zero-order valence-electron chi connectivity index (χ0n) is 10.7. The minimum Gasteiger partial charge on any atom is -0.462 e. The van der Waals surface area contributed by atoms with Crippen LogP contribution in [-0.4, -0.2) is 17.6 Å². The van der Waals surface area contributed by atoms with E-state index in [0.29, 0.717) is 28.0 Å². The highest BCUT2D eigenvalue weighted by Crippen LogP contribution is 2.24. The van der Waals surface area contributed by atoms with Crippen molar-refractivity contribution in [2.45, 2.75) is 6.92 Å². The van der Waals surface area contributed by atoms with E-state index in [1.54, 1.807) is 37.3 Å². The summed E-state index contributed by atoms with van der Waals surface area (Å²) in [5, 5.41) is 4.11. The number of hydrogen-bond acceptors (Lipinski definition) is 4. The maximum atomic E-state index is 11.5. The van der Waals surface area contributed by atoms with E-state index in [0.717, 1.165) is 5.69 Å². The molecule has 1 aromatic heterocycles. The number of nitrogens with one attached hydrogen (secondary N) is 1. The zero-order chi connectivity index (χ0) is 14.5. The van der Waals surface area contributed by atoms with Crippen molar-refractivity contribution in [3.8, 4) is 0 Å². The Balaban J connectivity index is 2.12. The molecular weight excluding hydrogens is 299 g/mol. The quantitative estimate of drug-likeness (QED) is 0.855. The maximum Gasteiger partial charge on any atom is 0.339 e. The van der Waals surface area contributed by atoms with Crippen LogP contribution in [0.5, 0.6) is 0 Å². The lowest BCUT2D eigenvalue weighted by molar-refractivity contribution is 0.0526. The summed E-state index contributed by atoms with van der Waals surface area (Å²) < 4.78 is 4.88. The highest BCUT2D eigenvalue weighted by molar-refractivity contribution is 6.35. The maximum absolute atomic E-state index is 11.5. The molecule has 0 aliphatic rings. The highest BCUT2D eigenvalue weighted by atomic mass is 35.5. The van der Waals surface area contributed by atoms with E-state index in [1.807, 2.05) is 0 Å². The Bertz CT molecular complexity index is 595. The second-order valence-electron chi connectivity index (χ2n) is 3.94. The predicted molar refractivity (Wildman–Crippen MR) is 79.9 cm³/mol. The van der Waals surface area contributed by atoms with E-state index in [9.17, 15) is 4.79 Å². The van der Waals surface area contributed by atoms with Crippen LogP contribution in [0.3, 0.4) is 0 Å². The molecule has 6 heteroatoms. The number of pyridine rings is 1. The molecule has 0 radical (unpaired) electrons. The average Bonchev–Trinajstić information content (AvgIpc) is 2.38. The summed E-state index contributed by atoms with van der Waals surface area (Å²) in [6, 6.07) is 8.43. The third kappa shape index (κ3) is 3.85. The summed E-state index contributed by atoms with van der Waals surface area (Å²) in [5.41, 5.74) is 1.13. The van der Waals surface area contributed by atoms with Gasteiger partial charge in [0.05, 0.1) is 12.2 Å². The molecule has 0 aliphatic heterocycles. The fourth-order valence-electron chi connectivity index (χ4n) is 1.58. The van der Waals surface area contributed by atoms with Crippen molar-refractivity contribution >= 4 is 40.7 Å². The first-order valence-electron chi connectivity index (χ1n) is 5.95. The van der Waals surface area contributed by atoms with Gasteiger partial charge in [0.1, 0.15) is 5.82 Å². The summed E-state index contributed by atoms with van der Waals surface area (Å²) >= 11 is 11.8. The number of carbonyl (C=O) groups is 1. The molecule has 1 aromatic carbocycles. The van der Waals surface area contributed by atoms with Crippen LogP contribution >= 0.6 is 23.2 Å². The molecule has 20 heavy (non-hydrogen) atoms. The molecule has 4 nitrogen and oxygen atoms in total. The summed E-state index contributed by atoms with van der Waals surface area (Å²) in [5.74, 6) is 0.189. The third-order valence-electron chi connectivity index (χ3n) is 2.41. The number of hydrogen-bond donors (Lipinski definition) is 1. The standard InChI is InChI=1S/C14H12Cl2N2O2/c1-2-20-14(19)9-3-4-13(17-8-9)18-12-6-10(15)5-11(16)7-12/h3-8H,2H2,1H3,(H,17,18).